The standard InChI is InChI=1S/C16H18ClN3O/c1-20(2)13-6-3-11(4-7-13)10-19-12-5-8-14(16(18)21)15(17)9-12/h3-9,19H,10H2,1-2H3,(H2,18,21). The number of halogens is 1. The van der Waals surface area contributed by atoms with Crippen LogP contribution in [0.15, 0.2) is 42.5 Å². The van der Waals surface area contributed by atoms with Gasteiger partial charge in [0.25, 0.3) is 0 Å². The lowest BCUT2D eigenvalue weighted by Crippen LogP contribution is -2.11. The molecule has 0 spiro atoms. The molecule has 1 amide bonds. The van der Waals surface area contributed by atoms with Crippen molar-refractivity contribution in [3.8, 4) is 0 Å². The number of primary amides is 1. The number of rotatable bonds is 5. The average Bonchev–Trinajstić information content (AvgIpc) is 2.45. The van der Waals surface area contributed by atoms with Crippen LogP contribution in [-0.2, 0) is 6.54 Å². The third-order valence-electron chi connectivity index (χ3n) is 3.18. The summed E-state index contributed by atoms with van der Waals surface area (Å²) in [5, 5.41) is 3.62. The largest absolute Gasteiger partial charge is 0.381 e. The van der Waals surface area contributed by atoms with Crippen LogP contribution in [0.5, 0.6) is 0 Å². The summed E-state index contributed by atoms with van der Waals surface area (Å²) in [6.07, 6.45) is 0. The maximum atomic E-state index is 11.1. The van der Waals surface area contributed by atoms with Crippen molar-refractivity contribution < 1.29 is 4.79 Å². The van der Waals surface area contributed by atoms with Crippen molar-refractivity contribution in [3.63, 3.8) is 0 Å². The van der Waals surface area contributed by atoms with Crippen molar-refractivity contribution in [2.24, 2.45) is 5.73 Å². The first-order chi connectivity index (χ1) is 9.97. The Morgan fingerprint density at radius 3 is 2.38 bits per heavy atom. The Kier molecular flexibility index (Phi) is 4.70. The molecular weight excluding hydrogens is 286 g/mol. The molecule has 5 heteroatoms. The van der Waals surface area contributed by atoms with Gasteiger partial charge in [0.05, 0.1) is 10.6 Å². The Morgan fingerprint density at radius 1 is 1.19 bits per heavy atom. The summed E-state index contributed by atoms with van der Waals surface area (Å²) < 4.78 is 0. The summed E-state index contributed by atoms with van der Waals surface area (Å²) in [6, 6.07) is 13.4. The van der Waals surface area contributed by atoms with Crippen LogP contribution in [0.4, 0.5) is 11.4 Å². The Labute approximate surface area is 129 Å². The van der Waals surface area contributed by atoms with Gasteiger partial charge in [0, 0.05) is 32.0 Å². The predicted molar refractivity (Wildman–Crippen MR) is 88.1 cm³/mol. The lowest BCUT2D eigenvalue weighted by Gasteiger charge is -2.13. The zero-order valence-corrected chi connectivity index (χ0v) is 12.8. The summed E-state index contributed by atoms with van der Waals surface area (Å²) in [4.78, 5) is 13.2. The third kappa shape index (κ3) is 3.89. The molecule has 110 valence electrons. The summed E-state index contributed by atoms with van der Waals surface area (Å²) in [5.41, 5.74) is 8.72. The SMILES string of the molecule is CN(C)c1ccc(CNc2ccc(C(N)=O)c(Cl)c2)cc1. The normalized spacial score (nSPS) is 10.2. The molecule has 0 saturated carbocycles. The molecule has 0 saturated heterocycles. The number of nitrogens with one attached hydrogen (secondary N) is 1. The molecule has 0 atom stereocenters. The quantitative estimate of drug-likeness (QED) is 0.892. The van der Waals surface area contributed by atoms with Crippen LogP contribution >= 0.6 is 11.6 Å². The van der Waals surface area contributed by atoms with E-state index in [0.717, 1.165) is 16.9 Å². The first-order valence-corrected chi connectivity index (χ1v) is 6.94. The molecule has 0 unspecified atom stereocenters. The molecule has 0 radical (unpaired) electrons. The van der Waals surface area contributed by atoms with Gasteiger partial charge >= 0.3 is 0 Å². The molecule has 0 bridgehead atoms. The van der Waals surface area contributed by atoms with Crippen LogP contribution in [0, 0.1) is 0 Å². The van der Waals surface area contributed by atoms with Crippen molar-refractivity contribution in [1.29, 1.82) is 0 Å². The summed E-state index contributed by atoms with van der Waals surface area (Å²) >= 11 is 6.02. The summed E-state index contributed by atoms with van der Waals surface area (Å²) in [7, 11) is 4.02. The van der Waals surface area contributed by atoms with Gasteiger partial charge < -0.3 is 16.0 Å². The number of nitrogens with zero attached hydrogens (tertiary/aromatic N) is 1. The molecule has 0 fully saturated rings. The summed E-state index contributed by atoms with van der Waals surface area (Å²) in [5.74, 6) is -0.522. The fourth-order valence-electron chi connectivity index (χ4n) is 1.94. The number of nitrogens with two attached hydrogens (primary N) is 1. The van der Waals surface area contributed by atoms with E-state index < -0.39 is 5.91 Å². The van der Waals surface area contributed by atoms with Crippen LogP contribution in [0.2, 0.25) is 5.02 Å². The molecular formula is C16H18ClN3O. The van der Waals surface area contributed by atoms with Gasteiger partial charge in [-0.05, 0) is 35.9 Å². The van der Waals surface area contributed by atoms with Gasteiger partial charge in [0.2, 0.25) is 5.91 Å². The predicted octanol–water partition coefficient (Wildman–Crippen LogP) is 3.12. The molecule has 2 aromatic rings. The van der Waals surface area contributed by atoms with E-state index >= 15 is 0 Å². The minimum atomic E-state index is -0.522. The van der Waals surface area contributed by atoms with Gasteiger partial charge in [0.15, 0.2) is 0 Å². The highest BCUT2D eigenvalue weighted by Gasteiger charge is 2.06. The molecule has 0 aliphatic heterocycles. The number of anilines is 2. The molecule has 3 N–H and O–H groups in total. The van der Waals surface area contributed by atoms with Gasteiger partial charge in [-0.25, -0.2) is 0 Å². The number of benzene rings is 2. The Morgan fingerprint density at radius 2 is 1.86 bits per heavy atom. The Bertz CT molecular complexity index is 638. The number of amides is 1. The van der Waals surface area contributed by atoms with Crippen LogP contribution in [-0.4, -0.2) is 20.0 Å². The van der Waals surface area contributed by atoms with Crippen molar-refractivity contribution in [3.05, 3.63) is 58.6 Å². The summed E-state index contributed by atoms with van der Waals surface area (Å²) in [6.45, 7) is 0.681. The van der Waals surface area contributed by atoms with Crippen molar-refractivity contribution in [2.45, 2.75) is 6.54 Å². The van der Waals surface area contributed by atoms with E-state index in [4.69, 9.17) is 17.3 Å². The van der Waals surface area contributed by atoms with Gasteiger partial charge in [-0.2, -0.15) is 0 Å². The maximum Gasteiger partial charge on any atom is 0.250 e. The van der Waals surface area contributed by atoms with Gasteiger partial charge in [0.1, 0.15) is 0 Å². The highest BCUT2D eigenvalue weighted by Crippen LogP contribution is 2.21. The van der Waals surface area contributed by atoms with E-state index in [0.29, 0.717) is 17.1 Å². The molecule has 0 aliphatic rings. The lowest BCUT2D eigenvalue weighted by atomic mass is 10.1. The minimum Gasteiger partial charge on any atom is -0.381 e. The van der Waals surface area contributed by atoms with Gasteiger partial charge in [-0.3, -0.25) is 4.79 Å². The third-order valence-corrected chi connectivity index (χ3v) is 3.50. The fourth-order valence-corrected chi connectivity index (χ4v) is 2.21. The van der Waals surface area contributed by atoms with E-state index in [-0.39, 0.29) is 0 Å². The lowest BCUT2D eigenvalue weighted by molar-refractivity contribution is 0.100. The van der Waals surface area contributed by atoms with Crippen LogP contribution in [0.25, 0.3) is 0 Å². The molecule has 0 aromatic heterocycles. The maximum absolute atomic E-state index is 11.1. The number of carbonyl (C=O) groups excluding carboxylic acids is 1. The Balaban J connectivity index is 2.03. The van der Waals surface area contributed by atoms with Crippen molar-refractivity contribution >= 4 is 28.9 Å². The zero-order valence-electron chi connectivity index (χ0n) is 12.1. The molecule has 21 heavy (non-hydrogen) atoms. The first-order valence-electron chi connectivity index (χ1n) is 6.57. The smallest absolute Gasteiger partial charge is 0.250 e. The van der Waals surface area contributed by atoms with Crippen molar-refractivity contribution in [1.82, 2.24) is 0 Å². The van der Waals surface area contributed by atoms with E-state index in [2.05, 4.69) is 34.5 Å². The van der Waals surface area contributed by atoms with Gasteiger partial charge in [-0.15, -0.1) is 0 Å². The molecule has 0 heterocycles. The topological polar surface area (TPSA) is 58.4 Å². The fraction of sp³-hybridized carbons (Fsp3) is 0.188. The van der Waals surface area contributed by atoms with Crippen LogP contribution in [0.1, 0.15) is 15.9 Å². The number of hydrogen-bond acceptors (Lipinski definition) is 3. The van der Waals surface area contributed by atoms with E-state index in [9.17, 15) is 4.79 Å². The highest BCUT2D eigenvalue weighted by atomic mass is 35.5. The molecule has 4 nitrogen and oxygen atoms in total. The van der Waals surface area contributed by atoms with Crippen LogP contribution in [0.3, 0.4) is 0 Å². The highest BCUT2D eigenvalue weighted by molar-refractivity contribution is 6.34. The monoisotopic (exact) mass is 303 g/mol. The molecule has 0 aliphatic carbocycles. The van der Waals surface area contributed by atoms with E-state index in [1.54, 1.807) is 18.2 Å². The molecule has 2 rings (SSSR count). The second-order valence-electron chi connectivity index (χ2n) is 4.97. The second-order valence-corrected chi connectivity index (χ2v) is 5.38. The first kappa shape index (κ1) is 15.2. The van der Waals surface area contributed by atoms with Crippen LogP contribution < -0.4 is 16.0 Å². The van der Waals surface area contributed by atoms with Crippen molar-refractivity contribution in [2.75, 3.05) is 24.3 Å². The van der Waals surface area contributed by atoms with Gasteiger partial charge in [-0.1, -0.05) is 23.7 Å². The molecule has 2 aromatic carbocycles. The minimum absolute atomic E-state index is 0.331. The second kappa shape index (κ2) is 6.50. The Hall–Kier alpha value is -2.20. The average molecular weight is 304 g/mol. The van der Waals surface area contributed by atoms with E-state index in [1.807, 2.05) is 14.1 Å². The number of hydrogen-bond donors (Lipinski definition) is 2. The zero-order chi connectivity index (χ0) is 15.4. The van der Waals surface area contributed by atoms with E-state index in [1.165, 1.54) is 0 Å². The number of carbonyl (C=O) groups is 1.